The average molecular weight is 341 g/mol. The van der Waals surface area contributed by atoms with Crippen molar-refractivity contribution in [1.29, 1.82) is 0 Å². The molecular weight excluding hydrogens is 318 g/mol. The lowest BCUT2D eigenvalue weighted by Crippen LogP contribution is -2.20. The number of carbonyl (C=O) groups is 1. The van der Waals surface area contributed by atoms with Gasteiger partial charge in [-0.05, 0) is 35.7 Å². The van der Waals surface area contributed by atoms with Gasteiger partial charge in [0.2, 0.25) is 0 Å². The van der Waals surface area contributed by atoms with Crippen molar-refractivity contribution in [2.24, 2.45) is 0 Å². The van der Waals surface area contributed by atoms with E-state index in [0.29, 0.717) is 42.1 Å². The number of ether oxygens (including phenoxy) is 3. The maximum absolute atomic E-state index is 12.1. The van der Waals surface area contributed by atoms with Crippen molar-refractivity contribution in [1.82, 2.24) is 0 Å². The number of benzene rings is 2. The van der Waals surface area contributed by atoms with Crippen LogP contribution in [0.2, 0.25) is 0 Å². The molecule has 25 heavy (non-hydrogen) atoms. The zero-order valence-corrected chi connectivity index (χ0v) is 14.6. The molecule has 1 aliphatic rings. The minimum atomic E-state index is -0.218. The van der Waals surface area contributed by atoms with Gasteiger partial charge < -0.3 is 19.5 Å². The zero-order chi connectivity index (χ0) is 17.6. The van der Waals surface area contributed by atoms with Crippen LogP contribution in [-0.4, -0.2) is 25.7 Å². The van der Waals surface area contributed by atoms with Gasteiger partial charge in [-0.15, -0.1) is 0 Å². The predicted octanol–water partition coefficient (Wildman–Crippen LogP) is 3.99. The summed E-state index contributed by atoms with van der Waals surface area (Å²) >= 11 is 0. The number of carbonyl (C=O) groups excluding carboxylic acids is 1. The minimum Gasteiger partial charge on any atom is -0.490 e. The van der Waals surface area contributed by atoms with Gasteiger partial charge in [0.15, 0.2) is 18.1 Å². The molecule has 5 nitrogen and oxygen atoms in total. The van der Waals surface area contributed by atoms with Crippen molar-refractivity contribution in [3.63, 3.8) is 0 Å². The standard InChI is InChI=1S/C20H23NO4/c1-14(2)15-5-3-6-17(11-15)25-13-20(22)21-16-7-8-18-19(12-16)24-10-4-9-23-18/h3,5-8,11-12,14H,4,9-10,13H2,1-2H3,(H,21,22). The van der Waals surface area contributed by atoms with Gasteiger partial charge in [0.1, 0.15) is 5.75 Å². The fourth-order valence-electron chi connectivity index (χ4n) is 2.55. The largest absolute Gasteiger partial charge is 0.490 e. The van der Waals surface area contributed by atoms with E-state index in [1.165, 1.54) is 5.56 Å². The summed E-state index contributed by atoms with van der Waals surface area (Å²) in [4.78, 5) is 12.1. The smallest absolute Gasteiger partial charge is 0.262 e. The van der Waals surface area contributed by atoms with Gasteiger partial charge in [0, 0.05) is 18.2 Å². The van der Waals surface area contributed by atoms with Crippen molar-refractivity contribution in [3.8, 4) is 17.2 Å². The van der Waals surface area contributed by atoms with Crippen LogP contribution in [0.25, 0.3) is 0 Å². The third-order valence-corrected chi connectivity index (χ3v) is 3.93. The Morgan fingerprint density at radius 1 is 1.12 bits per heavy atom. The summed E-state index contributed by atoms with van der Waals surface area (Å²) in [6.07, 6.45) is 0.847. The molecule has 3 rings (SSSR count). The second-order valence-electron chi connectivity index (χ2n) is 6.28. The molecule has 0 aromatic heterocycles. The van der Waals surface area contributed by atoms with Gasteiger partial charge in [-0.1, -0.05) is 26.0 Å². The minimum absolute atomic E-state index is 0.0456. The summed E-state index contributed by atoms with van der Waals surface area (Å²) in [5.41, 5.74) is 1.84. The normalized spacial score (nSPS) is 13.2. The summed E-state index contributed by atoms with van der Waals surface area (Å²) in [5, 5.41) is 2.82. The topological polar surface area (TPSA) is 56.8 Å². The average Bonchev–Trinajstić information content (AvgIpc) is 2.85. The molecular formula is C20H23NO4. The number of rotatable bonds is 5. The third-order valence-electron chi connectivity index (χ3n) is 3.93. The first-order valence-corrected chi connectivity index (χ1v) is 8.54. The molecule has 0 saturated heterocycles. The fraction of sp³-hybridized carbons (Fsp3) is 0.350. The first-order valence-electron chi connectivity index (χ1n) is 8.54. The van der Waals surface area contributed by atoms with E-state index in [9.17, 15) is 4.79 Å². The maximum Gasteiger partial charge on any atom is 0.262 e. The second kappa shape index (κ2) is 7.92. The Bertz CT molecular complexity index is 742. The van der Waals surface area contributed by atoms with Gasteiger partial charge in [-0.25, -0.2) is 0 Å². The molecule has 0 fully saturated rings. The molecule has 0 spiro atoms. The monoisotopic (exact) mass is 341 g/mol. The number of anilines is 1. The van der Waals surface area contributed by atoms with Crippen LogP contribution in [0, 0.1) is 0 Å². The predicted molar refractivity (Wildman–Crippen MR) is 96.7 cm³/mol. The Balaban J connectivity index is 1.57. The lowest BCUT2D eigenvalue weighted by atomic mass is 10.0. The van der Waals surface area contributed by atoms with E-state index in [2.05, 4.69) is 25.2 Å². The van der Waals surface area contributed by atoms with E-state index in [4.69, 9.17) is 14.2 Å². The van der Waals surface area contributed by atoms with Crippen LogP contribution in [0.5, 0.6) is 17.2 Å². The summed E-state index contributed by atoms with van der Waals surface area (Å²) in [6, 6.07) is 13.2. The molecule has 0 bridgehead atoms. The number of fused-ring (bicyclic) bond motifs is 1. The van der Waals surface area contributed by atoms with Crippen molar-refractivity contribution < 1.29 is 19.0 Å². The van der Waals surface area contributed by atoms with Crippen LogP contribution in [-0.2, 0) is 4.79 Å². The quantitative estimate of drug-likeness (QED) is 0.893. The number of amides is 1. The molecule has 1 N–H and O–H groups in total. The molecule has 2 aromatic rings. The van der Waals surface area contributed by atoms with Gasteiger partial charge in [-0.2, -0.15) is 0 Å². The van der Waals surface area contributed by atoms with Gasteiger partial charge in [0.25, 0.3) is 5.91 Å². The summed E-state index contributed by atoms with van der Waals surface area (Å²) in [5.74, 6) is 2.25. The highest BCUT2D eigenvalue weighted by atomic mass is 16.5. The molecule has 0 atom stereocenters. The first kappa shape index (κ1) is 17.1. The van der Waals surface area contributed by atoms with E-state index in [1.54, 1.807) is 12.1 Å². The van der Waals surface area contributed by atoms with E-state index < -0.39 is 0 Å². The van der Waals surface area contributed by atoms with Crippen LogP contribution in [0.3, 0.4) is 0 Å². The lowest BCUT2D eigenvalue weighted by Gasteiger charge is -2.12. The van der Waals surface area contributed by atoms with E-state index in [0.717, 1.165) is 6.42 Å². The molecule has 0 saturated carbocycles. The molecule has 0 aliphatic carbocycles. The highest BCUT2D eigenvalue weighted by molar-refractivity contribution is 5.92. The van der Waals surface area contributed by atoms with Crippen molar-refractivity contribution in [2.45, 2.75) is 26.2 Å². The van der Waals surface area contributed by atoms with Crippen molar-refractivity contribution in [2.75, 3.05) is 25.1 Å². The Hall–Kier alpha value is -2.69. The maximum atomic E-state index is 12.1. The molecule has 5 heteroatoms. The highest BCUT2D eigenvalue weighted by Crippen LogP contribution is 2.32. The SMILES string of the molecule is CC(C)c1cccc(OCC(=O)Nc2ccc3c(c2)OCCCO3)c1. The van der Waals surface area contributed by atoms with E-state index in [-0.39, 0.29) is 12.5 Å². The van der Waals surface area contributed by atoms with Crippen LogP contribution < -0.4 is 19.5 Å². The number of hydrogen-bond donors (Lipinski definition) is 1. The fourth-order valence-corrected chi connectivity index (χ4v) is 2.55. The first-order chi connectivity index (χ1) is 12.1. The number of hydrogen-bond acceptors (Lipinski definition) is 4. The van der Waals surface area contributed by atoms with Crippen LogP contribution in [0.4, 0.5) is 5.69 Å². The second-order valence-corrected chi connectivity index (χ2v) is 6.28. The summed E-state index contributed by atoms with van der Waals surface area (Å²) in [6.45, 7) is 5.45. The van der Waals surface area contributed by atoms with Gasteiger partial charge in [0.05, 0.1) is 13.2 Å². The summed E-state index contributed by atoms with van der Waals surface area (Å²) in [7, 11) is 0. The number of nitrogens with one attached hydrogen (secondary N) is 1. The molecule has 0 unspecified atom stereocenters. The molecule has 1 amide bonds. The zero-order valence-electron chi connectivity index (χ0n) is 14.6. The van der Waals surface area contributed by atoms with Gasteiger partial charge in [-0.3, -0.25) is 4.79 Å². The Kier molecular flexibility index (Phi) is 5.43. The van der Waals surface area contributed by atoms with Crippen molar-refractivity contribution in [3.05, 3.63) is 48.0 Å². The Morgan fingerprint density at radius 3 is 2.72 bits per heavy atom. The molecule has 2 aromatic carbocycles. The Morgan fingerprint density at radius 2 is 1.92 bits per heavy atom. The molecule has 1 aliphatic heterocycles. The molecule has 0 radical (unpaired) electrons. The van der Waals surface area contributed by atoms with Crippen LogP contribution >= 0.6 is 0 Å². The van der Waals surface area contributed by atoms with E-state index in [1.807, 2.05) is 24.3 Å². The van der Waals surface area contributed by atoms with Crippen LogP contribution in [0.1, 0.15) is 31.7 Å². The van der Waals surface area contributed by atoms with Gasteiger partial charge >= 0.3 is 0 Å². The van der Waals surface area contributed by atoms with Crippen molar-refractivity contribution >= 4 is 11.6 Å². The molecule has 132 valence electrons. The Labute approximate surface area is 147 Å². The highest BCUT2D eigenvalue weighted by Gasteiger charge is 2.12. The van der Waals surface area contributed by atoms with Crippen LogP contribution in [0.15, 0.2) is 42.5 Å². The summed E-state index contributed by atoms with van der Waals surface area (Å²) < 4.78 is 16.8. The van der Waals surface area contributed by atoms with E-state index >= 15 is 0 Å². The third kappa shape index (κ3) is 4.66. The molecule has 1 heterocycles. The lowest BCUT2D eigenvalue weighted by molar-refractivity contribution is -0.118.